The molecule has 1 aliphatic carbocycles. The smallest absolute Gasteiger partial charge is 0.249 e. The first-order valence-corrected chi connectivity index (χ1v) is 12.0. The van der Waals surface area contributed by atoms with Crippen molar-refractivity contribution in [1.82, 2.24) is 15.5 Å². The summed E-state index contributed by atoms with van der Waals surface area (Å²) in [7, 11) is 0. The van der Waals surface area contributed by atoms with Gasteiger partial charge in [0.25, 0.3) is 0 Å². The maximum atomic E-state index is 12.8. The Balaban J connectivity index is 1.39. The van der Waals surface area contributed by atoms with E-state index in [1.807, 2.05) is 6.08 Å². The maximum Gasteiger partial charge on any atom is 0.249 e. The Morgan fingerprint density at radius 3 is 2.55 bits per heavy atom. The fourth-order valence-corrected chi connectivity index (χ4v) is 4.80. The van der Waals surface area contributed by atoms with E-state index in [-0.39, 0.29) is 30.3 Å². The monoisotopic (exact) mass is 465 g/mol. The normalized spacial score (nSPS) is 27.9. The number of piperidine rings is 2. The molecule has 2 fully saturated rings. The number of aliphatic hydroxyl groups excluding tert-OH is 1. The van der Waals surface area contributed by atoms with Gasteiger partial charge in [-0.05, 0) is 44.4 Å². The number of fused-ring (bicyclic) bond motifs is 1. The van der Waals surface area contributed by atoms with E-state index in [2.05, 4.69) is 28.9 Å². The molecule has 0 spiro atoms. The Bertz CT molecular complexity index is 775. The molecule has 2 amide bonds. The van der Waals surface area contributed by atoms with Crippen LogP contribution in [0.4, 0.5) is 8.78 Å². The molecule has 0 aromatic rings. The van der Waals surface area contributed by atoms with Crippen molar-refractivity contribution in [3.8, 4) is 0 Å². The van der Waals surface area contributed by atoms with E-state index in [4.69, 9.17) is 0 Å². The first kappa shape index (κ1) is 25.6. The molecule has 0 aromatic heterocycles. The second-order valence-corrected chi connectivity index (χ2v) is 9.65. The average molecular weight is 466 g/mol. The van der Waals surface area contributed by atoms with Crippen LogP contribution >= 0.6 is 0 Å². The number of rotatable bonds is 8. The highest BCUT2D eigenvalue weighted by Crippen LogP contribution is 2.28. The number of nitrogens with one attached hydrogen (secondary N) is 2. The van der Waals surface area contributed by atoms with E-state index in [1.54, 1.807) is 24.8 Å². The Labute approximate surface area is 195 Å². The van der Waals surface area contributed by atoms with Gasteiger partial charge in [-0.2, -0.15) is 0 Å². The summed E-state index contributed by atoms with van der Waals surface area (Å²) in [5, 5.41) is 16.8. The molecule has 184 valence electrons. The minimum absolute atomic E-state index is 0.0630. The number of halogens is 2. The zero-order valence-electron chi connectivity index (χ0n) is 19.6. The molecule has 2 aliphatic heterocycles. The molecule has 3 rings (SSSR count). The molecule has 6 nitrogen and oxygen atoms in total. The lowest BCUT2D eigenvalue weighted by Crippen LogP contribution is -2.52. The number of likely N-dealkylation sites (tertiary alicyclic amines) is 1. The van der Waals surface area contributed by atoms with Crippen molar-refractivity contribution >= 4 is 11.8 Å². The van der Waals surface area contributed by atoms with Crippen molar-refractivity contribution in [1.29, 1.82) is 0 Å². The standard InChI is InChI=1S/C25H37F2N3O3/c1-16(7-8-17(2)25(33)30-11-9-18(10-12-30)23(26)27)24(32)29-15-22(31)21-13-19-5-3-4-6-20(19)14-28-21/h3-6,8,16,18-23,28,31H,7,9-15H2,1-2H3,(H,29,32)/b17-8+/t16?,19?,20?,21-,22+/m0/s1. The van der Waals surface area contributed by atoms with Gasteiger partial charge in [0.1, 0.15) is 0 Å². The maximum absolute atomic E-state index is 12.8. The van der Waals surface area contributed by atoms with Gasteiger partial charge in [-0.1, -0.05) is 37.3 Å². The summed E-state index contributed by atoms with van der Waals surface area (Å²) in [5.74, 6) is -0.423. The van der Waals surface area contributed by atoms with Crippen LogP contribution in [0.1, 0.15) is 39.5 Å². The van der Waals surface area contributed by atoms with Gasteiger partial charge in [-0.15, -0.1) is 0 Å². The van der Waals surface area contributed by atoms with Gasteiger partial charge in [-0.3, -0.25) is 9.59 Å². The van der Waals surface area contributed by atoms with Crippen LogP contribution in [0.15, 0.2) is 36.0 Å². The Morgan fingerprint density at radius 1 is 1.21 bits per heavy atom. The minimum Gasteiger partial charge on any atom is -0.390 e. The number of amides is 2. The van der Waals surface area contributed by atoms with Crippen LogP contribution in [-0.4, -0.2) is 66.6 Å². The highest BCUT2D eigenvalue weighted by atomic mass is 19.3. The quantitative estimate of drug-likeness (QED) is 0.482. The largest absolute Gasteiger partial charge is 0.390 e. The number of alkyl halides is 2. The number of carbonyl (C=O) groups excluding carboxylic acids is 2. The summed E-state index contributed by atoms with van der Waals surface area (Å²) in [6, 6.07) is -0.0630. The van der Waals surface area contributed by atoms with Crippen LogP contribution in [0.25, 0.3) is 0 Å². The van der Waals surface area contributed by atoms with E-state index in [1.165, 1.54) is 0 Å². The number of nitrogens with zero attached hydrogens (tertiary/aromatic N) is 1. The summed E-state index contributed by atoms with van der Waals surface area (Å²) in [5.41, 5.74) is 0.528. The van der Waals surface area contributed by atoms with Gasteiger partial charge in [0.15, 0.2) is 0 Å². The van der Waals surface area contributed by atoms with Gasteiger partial charge in [-0.25, -0.2) is 8.78 Å². The predicted molar refractivity (Wildman–Crippen MR) is 124 cm³/mol. The van der Waals surface area contributed by atoms with Crippen molar-refractivity contribution in [2.75, 3.05) is 26.2 Å². The van der Waals surface area contributed by atoms with E-state index in [0.717, 1.165) is 13.0 Å². The minimum atomic E-state index is -2.33. The van der Waals surface area contributed by atoms with Gasteiger partial charge >= 0.3 is 0 Å². The van der Waals surface area contributed by atoms with Gasteiger partial charge in [0.2, 0.25) is 18.2 Å². The molecular formula is C25H37F2N3O3. The van der Waals surface area contributed by atoms with Gasteiger partial charge in [0, 0.05) is 49.6 Å². The van der Waals surface area contributed by atoms with Crippen molar-refractivity contribution in [2.24, 2.45) is 23.7 Å². The lowest BCUT2D eigenvalue weighted by atomic mass is 9.79. The fraction of sp³-hybridized carbons (Fsp3) is 0.680. The first-order chi connectivity index (χ1) is 15.8. The summed E-state index contributed by atoms with van der Waals surface area (Å²) >= 11 is 0. The highest BCUT2D eigenvalue weighted by molar-refractivity contribution is 5.93. The Morgan fingerprint density at radius 2 is 1.88 bits per heavy atom. The zero-order valence-corrected chi connectivity index (χ0v) is 19.6. The van der Waals surface area contributed by atoms with Crippen LogP contribution in [0.3, 0.4) is 0 Å². The molecular weight excluding hydrogens is 428 g/mol. The number of allylic oxidation sites excluding steroid dienone is 4. The summed E-state index contributed by atoms with van der Waals surface area (Å²) in [4.78, 5) is 26.7. The van der Waals surface area contributed by atoms with Gasteiger partial charge < -0.3 is 20.6 Å². The fourth-order valence-electron chi connectivity index (χ4n) is 4.80. The summed E-state index contributed by atoms with van der Waals surface area (Å²) in [6.45, 7) is 5.17. The van der Waals surface area contributed by atoms with E-state index >= 15 is 0 Å². The molecule has 3 N–H and O–H groups in total. The number of hydrogen-bond donors (Lipinski definition) is 3. The van der Waals surface area contributed by atoms with Crippen molar-refractivity contribution in [3.05, 3.63) is 36.0 Å². The van der Waals surface area contributed by atoms with Crippen molar-refractivity contribution in [3.63, 3.8) is 0 Å². The third kappa shape index (κ3) is 6.96. The van der Waals surface area contributed by atoms with Crippen LogP contribution in [0.5, 0.6) is 0 Å². The molecule has 2 heterocycles. The lowest BCUT2D eigenvalue weighted by Gasteiger charge is -2.37. The molecule has 3 aliphatic rings. The number of hydrogen-bond acceptors (Lipinski definition) is 4. The molecule has 0 bridgehead atoms. The molecule has 3 unspecified atom stereocenters. The Kier molecular flexibility index (Phi) is 9.20. The van der Waals surface area contributed by atoms with Crippen molar-refractivity contribution < 1.29 is 23.5 Å². The molecule has 0 saturated carbocycles. The molecule has 0 radical (unpaired) electrons. The third-order valence-corrected chi connectivity index (χ3v) is 7.22. The van der Waals surface area contributed by atoms with Crippen molar-refractivity contribution in [2.45, 2.75) is 58.1 Å². The first-order valence-electron chi connectivity index (χ1n) is 12.0. The number of aliphatic hydroxyl groups is 1. The molecule has 0 aromatic carbocycles. The lowest BCUT2D eigenvalue weighted by molar-refractivity contribution is -0.129. The molecule has 33 heavy (non-hydrogen) atoms. The second-order valence-electron chi connectivity index (χ2n) is 9.65. The highest BCUT2D eigenvalue weighted by Gasteiger charge is 2.32. The van der Waals surface area contributed by atoms with Crippen LogP contribution < -0.4 is 10.6 Å². The second kappa shape index (κ2) is 11.9. The molecule has 8 heteroatoms. The topological polar surface area (TPSA) is 81.7 Å². The van der Waals surface area contributed by atoms with Crippen LogP contribution in [0.2, 0.25) is 0 Å². The van der Waals surface area contributed by atoms with E-state index < -0.39 is 18.4 Å². The summed E-state index contributed by atoms with van der Waals surface area (Å²) in [6.07, 6.45) is 9.09. The zero-order chi connectivity index (χ0) is 24.0. The molecule has 2 saturated heterocycles. The van der Waals surface area contributed by atoms with E-state index in [9.17, 15) is 23.5 Å². The van der Waals surface area contributed by atoms with Crippen LogP contribution in [0, 0.1) is 23.7 Å². The predicted octanol–water partition coefficient (Wildman–Crippen LogP) is 2.66. The third-order valence-electron chi connectivity index (χ3n) is 7.22. The van der Waals surface area contributed by atoms with Crippen LogP contribution in [-0.2, 0) is 9.59 Å². The number of carbonyl (C=O) groups is 2. The molecule has 5 atom stereocenters. The Hall–Kier alpha value is -2.06. The van der Waals surface area contributed by atoms with Gasteiger partial charge in [0.05, 0.1) is 6.10 Å². The SMILES string of the molecule is C/C(=C\CC(C)C(=O)NC[C@@H](O)[C@@H]1CC2C=CC=CC2CN1)C(=O)N1CCC(C(F)F)CC1. The average Bonchev–Trinajstić information content (AvgIpc) is 2.84. The van der Waals surface area contributed by atoms with E-state index in [0.29, 0.717) is 49.8 Å². The summed E-state index contributed by atoms with van der Waals surface area (Å²) < 4.78 is 25.6.